The third-order valence-corrected chi connectivity index (χ3v) is 3.51. The van der Waals surface area contributed by atoms with E-state index in [0.717, 1.165) is 13.2 Å². The molecule has 0 spiro atoms. The van der Waals surface area contributed by atoms with Crippen molar-refractivity contribution >= 4 is 16.9 Å². The molecule has 0 saturated carbocycles. The van der Waals surface area contributed by atoms with Crippen LogP contribution in [0.4, 0.5) is 8.78 Å². The second-order valence-corrected chi connectivity index (χ2v) is 4.84. The molecule has 0 unspecified atom stereocenters. The standard InChI is InChI=1S/C16H11F2NO4/c1-7-11(15(20)22-2)12(8-4-3-5-9(17)14(8)18)13-10(19-7)6-23-16(13)21/h3-6,21H,1-2H3. The number of aryl methyl sites for hydroxylation is 1. The largest absolute Gasteiger partial charge is 0.480 e. The molecular weight excluding hydrogens is 308 g/mol. The monoisotopic (exact) mass is 319 g/mol. The van der Waals surface area contributed by atoms with Crippen LogP contribution in [-0.4, -0.2) is 23.2 Å². The van der Waals surface area contributed by atoms with Crippen LogP contribution < -0.4 is 0 Å². The number of esters is 1. The SMILES string of the molecule is COC(=O)c1c(C)nc2coc(O)c2c1-c1cccc(F)c1F. The number of hydrogen-bond acceptors (Lipinski definition) is 5. The average Bonchev–Trinajstić information content (AvgIpc) is 2.89. The number of nitrogens with zero attached hydrogens (tertiary/aromatic N) is 1. The molecule has 5 nitrogen and oxygen atoms in total. The Morgan fingerprint density at radius 2 is 2.09 bits per heavy atom. The lowest BCUT2D eigenvalue weighted by Gasteiger charge is -2.13. The summed E-state index contributed by atoms with van der Waals surface area (Å²) in [5.41, 5.74) is 0.163. The second kappa shape index (κ2) is 5.35. The molecule has 0 radical (unpaired) electrons. The maximum absolute atomic E-state index is 14.3. The number of rotatable bonds is 2. The van der Waals surface area contributed by atoms with Crippen LogP contribution in [-0.2, 0) is 4.74 Å². The van der Waals surface area contributed by atoms with E-state index in [4.69, 9.17) is 9.15 Å². The van der Waals surface area contributed by atoms with Gasteiger partial charge in [0.1, 0.15) is 11.8 Å². The quantitative estimate of drug-likeness (QED) is 0.731. The van der Waals surface area contributed by atoms with Crippen LogP contribution in [0.25, 0.3) is 22.0 Å². The summed E-state index contributed by atoms with van der Waals surface area (Å²) < 4.78 is 37.5. The number of aromatic hydroxyl groups is 1. The van der Waals surface area contributed by atoms with Gasteiger partial charge in [0.05, 0.1) is 23.8 Å². The number of hydrogen-bond donors (Lipinski definition) is 1. The van der Waals surface area contributed by atoms with E-state index in [1.165, 1.54) is 25.3 Å². The number of methoxy groups -OCH3 is 1. The lowest BCUT2D eigenvalue weighted by molar-refractivity contribution is 0.0600. The number of carbonyl (C=O) groups excluding carboxylic acids is 1. The molecule has 0 aliphatic carbocycles. The van der Waals surface area contributed by atoms with Gasteiger partial charge < -0.3 is 14.3 Å². The van der Waals surface area contributed by atoms with E-state index < -0.39 is 23.6 Å². The molecule has 2 heterocycles. The molecule has 118 valence electrons. The normalized spacial score (nSPS) is 11.0. The smallest absolute Gasteiger partial charge is 0.340 e. The topological polar surface area (TPSA) is 72.6 Å². The lowest BCUT2D eigenvalue weighted by Crippen LogP contribution is -2.09. The molecule has 1 aromatic carbocycles. The van der Waals surface area contributed by atoms with Crippen LogP contribution in [0.1, 0.15) is 16.1 Å². The van der Waals surface area contributed by atoms with E-state index in [2.05, 4.69) is 4.98 Å². The molecule has 7 heteroatoms. The van der Waals surface area contributed by atoms with E-state index in [1.807, 2.05) is 0 Å². The number of benzene rings is 1. The molecule has 0 fully saturated rings. The van der Waals surface area contributed by atoms with Gasteiger partial charge in [0.25, 0.3) is 5.95 Å². The molecule has 23 heavy (non-hydrogen) atoms. The van der Waals surface area contributed by atoms with Crippen LogP contribution in [0.3, 0.4) is 0 Å². The molecular formula is C16H11F2NO4. The Labute approximate surface area is 129 Å². The third kappa shape index (κ3) is 2.21. The Morgan fingerprint density at radius 3 is 2.78 bits per heavy atom. The van der Waals surface area contributed by atoms with Crippen molar-refractivity contribution in [1.29, 1.82) is 0 Å². The fraction of sp³-hybridized carbons (Fsp3) is 0.125. The van der Waals surface area contributed by atoms with Gasteiger partial charge in [-0.05, 0) is 13.0 Å². The van der Waals surface area contributed by atoms with E-state index in [0.29, 0.717) is 0 Å². The van der Waals surface area contributed by atoms with E-state index in [-0.39, 0.29) is 33.3 Å². The zero-order valence-electron chi connectivity index (χ0n) is 12.2. The predicted molar refractivity (Wildman–Crippen MR) is 77.1 cm³/mol. The number of pyridine rings is 1. The van der Waals surface area contributed by atoms with Gasteiger partial charge >= 0.3 is 5.97 Å². The predicted octanol–water partition coefficient (Wildman–Crippen LogP) is 3.57. The minimum atomic E-state index is -1.15. The van der Waals surface area contributed by atoms with Gasteiger partial charge in [-0.3, -0.25) is 0 Å². The van der Waals surface area contributed by atoms with E-state index in [9.17, 15) is 18.7 Å². The Hall–Kier alpha value is -2.96. The first-order chi connectivity index (χ1) is 11.0. The number of ether oxygens (including phenoxy) is 1. The summed E-state index contributed by atoms with van der Waals surface area (Å²) in [6.07, 6.45) is 1.17. The number of fused-ring (bicyclic) bond motifs is 1. The highest BCUT2D eigenvalue weighted by atomic mass is 19.2. The first kappa shape index (κ1) is 15.0. The molecule has 0 amide bonds. The van der Waals surface area contributed by atoms with Gasteiger partial charge in [0, 0.05) is 11.1 Å². The van der Waals surface area contributed by atoms with Gasteiger partial charge in [-0.1, -0.05) is 12.1 Å². The molecule has 0 aliphatic heterocycles. The number of furan rings is 1. The first-order valence-corrected chi connectivity index (χ1v) is 6.59. The fourth-order valence-corrected chi connectivity index (χ4v) is 2.52. The van der Waals surface area contributed by atoms with Crippen molar-refractivity contribution in [2.45, 2.75) is 6.92 Å². The minimum Gasteiger partial charge on any atom is -0.480 e. The van der Waals surface area contributed by atoms with Gasteiger partial charge in [-0.15, -0.1) is 0 Å². The fourth-order valence-electron chi connectivity index (χ4n) is 2.52. The Bertz CT molecular complexity index is 933. The van der Waals surface area contributed by atoms with Crippen molar-refractivity contribution in [3.8, 4) is 17.1 Å². The summed E-state index contributed by atoms with van der Waals surface area (Å²) in [6.45, 7) is 1.52. The van der Waals surface area contributed by atoms with Crippen molar-refractivity contribution in [3.63, 3.8) is 0 Å². The van der Waals surface area contributed by atoms with E-state index >= 15 is 0 Å². The number of carbonyl (C=O) groups is 1. The van der Waals surface area contributed by atoms with Gasteiger partial charge in [-0.2, -0.15) is 0 Å². The van der Waals surface area contributed by atoms with Gasteiger partial charge in [-0.25, -0.2) is 18.6 Å². The van der Waals surface area contributed by atoms with Gasteiger partial charge in [0.15, 0.2) is 11.6 Å². The van der Waals surface area contributed by atoms with Crippen molar-refractivity contribution in [3.05, 3.63) is 47.4 Å². The Balaban J connectivity index is 2.52. The molecule has 0 atom stereocenters. The molecule has 0 saturated heterocycles. The van der Waals surface area contributed by atoms with Crippen LogP contribution in [0, 0.1) is 18.6 Å². The molecule has 3 aromatic rings. The number of halogens is 2. The van der Waals surface area contributed by atoms with Crippen LogP contribution in [0.15, 0.2) is 28.9 Å². The van der Waals surface area contributed by atoms with Crippen molar-refractivity contribution in [1.82, 2.24) is 4.98 Å². The lowest BCUT2D eigenvalue weighted by atomic mass is 9.95. The highest BCUT2D eigenvalue weighted by molar-refractivity contribution is 6.09. The molecule has 2 aromatic heterocycles. The first-order valence-electron chi connectivity index (χ1n) is 6.59. The van der Waals surface area contributed by atoms with Crippen LogP contribution in [0.5, 0.6) is 5.95 Å². The highest BCUT2D eigenvalue weighted by Crippen LogP contribution is 2.40. The zero-order valence-corrected chi connectivity index (χ0v) is 12.2. The highest BCUT2D eigenvalue weighted by Gasteiger charge is 2.27. The molecule has 0 bridgehead atoms. The maximum atomic E-state index is 14.3. The summed E-state index contributed by atoms with van der Waals surface area (Å²) in [7, 11) is 1.16. The summed E-state index contributed by atoms with van der Waals surface area (Å²) in [6, 6.07) is 3.55. The molecule has 3 rings (SSSR count). The van der Waals surface area contributed by atoms with Crippen molar-refractivity contribution < 1.29 is 27.8 Å². The maximum Gasteiger partial charge on any atom is 0.340 e. The molecule has 1 N–H and O–H groups in total. The molecule has 0 aliphatic rings. The Morgan fingerprint density at radius 1 is 1.35 bits per heavy atom. The third-order valence-electron chi connectivity index (χ3n) is 3.51. The van der Waals surface area contributed by atoms with Crippen LogP contribution >= 0.6 is 0 Å². The summed E-state index contributed by atoms with van der Waals surface area (Å²) in [4.78, 5) is 16.2. The van der Waals surface area contributed by atoms with Crippen molar-refractivity contribution in [2.24, 2.45) is 0 Å². The Kier molecular flexibility index (Phi) is 3.48. The summed E-state index contributed by atoms with van der Waals surface area (Å²) >= 11 is 0. The summed E-state index contributed by atoms with van der Waals surface area (Å²) in [5.74, 6) is -3.55. The minimum absolute atomic E-state index is 0.0144. The number of aromatic nitrogens is 1. The van der Waals surface area contributed by atoms with Crippen LogP contribution in [0.2, 0.25) is 0 Å². The summed E-state index contributed by atoms with van der Waals surface area (Å²) in [5, 5.41) is 9.92. The van der Waals surface area contributed by atoms with Gasteiger partial charge in [0.2, 0.25) is 0 Å². The van der Waals surface area contributed by atoms with Crippen molar-refractivity contribution in [2.75, 3.05) is 7.11 Å². The average molecular weight is 319 g/mol. The zero-order chi connectivity index (χ0) is 16.7. The van der Waals surface area contributed by atoms with E-state index in [1.54, 1.807) is 0 Å². The second-order valence-electron chi connectivity index (χ2n) is 4.84.